The van der Waals surface area contributed by atoms with Crippen LogP contribution in [0.2, 0.25) is 0 Å². The Labute approximate surface area is 149 Å². The molecule has 3 rings (SSSR count). The number of hydrogen-bond acceptors (Lipinski definition) is 5. The first-order valence-corrected chi connectivity index (χ1v) is 8.19. The second kappa shape index (κ2) is 7.31. The lowest BCUT2D eigenvalue weighted by molar-refractivity contribution is 0.415. The van der Waals surface area contributed by atoms with Crippen LogP contribution in [0.1, 0.15) is 5.56 Å². The number of hydrogen-bond donors (Lipinski definition) is 2. The maximum atomic E-state index is 5.16. The number of aromatic nitrogens is 2. The fourth-order valence-corrected chi connectivity index (χ4v) is 2.43. The number of aryl methyl sites for hydroxylation is 1. The number of nitrogens with zero attached hydrogens (tertiary/aromatic N) is 2. The highest BCUT2D eigenvalue weighted by Gasteiger charge is 2.02. The van der Waals surface area contributed by atoms with Gasteiger partial charge in [-0.2, -0.15) is 0 Å². The van der Waals surface area contributed by atoms with Crippen molar-refractivity contribution >= 4 is 38.9 Å². The van der Waals surface area contributed by atoms with Crippen molar-refractivity contribution in [3.63, 3.8) is 0 Å². The van der Waals surface area contributed by atoms with Crippen LogP contribution in [0.4, 0.5) is 23.0 Å². The van der Waals surface area contributed by atoms with E-state index in [-0.39, 0.29) is 0 Å². The Balaban J connectivity index is 1.74. The van der Waals surface area contributed by atoms with Crippen LogP contribution in [0.3, 0.4) is 0 Å². The average molecular weight is 385 g/mol. The van der Waals surface area contributed by atoms with Gasteiger partial charge < -0.3 is 15.4 Å². The molecule has 0 unspecified atom stereocenters. The Morgan fingerprint density at radius 2 is 1.50 bits per heavy atom. The SMILES string of the molecule is COc1ccc(Nc2cc(Nc3ccc(Br)c(C)c3)ncn2)cc1. The highest BCUT2D eigenvalue weighted by Crippen LogP contribution is 2.24. The van der Waals surface area contributed by atoms with Crippen LogP contribution in [0.15, 0.2) is 59.3 Å². The van der Waals surface area contributed by atoms with E-state index in [0.29, 0.717) is 5.82 Å². The minimum Gasteiger partial charge on any atom is -0.497 e. The van der Waals surface area contributed by atoms with E-state index < -0.39 is 0 Å². The van der Waals surface area contributed by atoms with Gasteiger partial charge >= 0.3 is 0 Å². The Bertz CT molecular complexity index is 837. The molecule has 1 aromatic heterocycles. The number of nitrogens with one attached hydrogen (secondary N) is 2. The van der Waals surface area contributed by atoms with Crippen molar-refractivity contribution < 1.29 is 4.74 Å². The summed E-state index contributed by atoms with van der Waals surface area (Å²) in [6, 6.07) is 15.6. The highest BCUT2D eigenvalue weighted by atomic mass is 79.9. The number of anilines is 4. The van der Waals surface area contributed by atoms with Gasteiger partial charge in [-0.05, 0) is 55.0 Å². The van der Waals surface area contributed by atoms with E-state index in [1.54, 1.807) is 7.11 Å². The molecule has 0 spiro atoms. The van der Waals surface area contributed by atoms with Crippen LogP contribution in [-0.4, -0.2) is 17.1 Å². The van der Waals surface area contributed by atoms with E-state index in [1.165, 1.54) is 6.33 Å². The third-order valence-electron chi connectivity index (χ3n) is 3.46. The lowest BCUT2D eigenvalue weighted by atomic mass is 10.2. The van der Waals surface area contributed by atoms with Gasteiger partial charge in [-0.3, -0.25) is 0 Å². The fraction of sp³-hybridized carbons (Fsp3) is 0.111. The summed E-state index contributed by atoms with van der Waals surface area (Å²) >= 11 is 3.50. The maximum Gasteiger partial charge on any atom is 0.135 e. The van der Waals surface area contributed by atoms with Crippen molar-refractivity contribution in [2.45, 2.75) is 6.92 Å². The van der Waals surface area contributed by atoms with E-state index in [1.807, 2.05) is 49.4 Å². The summed E-state index contributed by atoms with van der Waals surface area (Å²) in [7, 11) is 1.65. The molecule has 5 nitrogen and oxygen atoms in total. The second-order valence-electron chi connectivity index (χ2n) is 5.23. The van der Waals surface area contributed by atoms with E-state index in [2.05, 4.69) is 42.6 Å². The van der Waals surface area contributed by atoms with Gasteiger partial charge in [0.1, 0.15) is 23.7 Å². The molecule has 122 valence electrons. The first-order valence-electron chi connectivity index (χ1n) is 7.40. The van der Waals surface area contributed by atoms with Crippen molar-refractivity contribution in [2.75, 3.05) is 17.7 Å². The van der Waals surface area contributed by atoms with Gasteiger partial charge in [-0.15, -0.1) is 0 Å². The zero-order valence-electron chi connectivity index (χ0n) is 13.4. The average Bonchev–Trinajstić information content (AvgIpc) is 2.59. The molecule has 1 heterocycles. The minimum atomic E-state index is 0.714. The monoisotopic (exact) mass is 384 g/mol. The summed E-state index contributed by atoms with van der Waals surface area (Å²) in [6.07, 6.45) is 1.53. The minimum absolute atomic E-state index is 0.714. The van der Waals surface area contributed by atoms with Gasteiger partial charge in [0.2, 0.25) is 0 Å². The summed E-state index contributed by atoms with van der Waals surface area (Å²) < 4.78 is 6.24. The molecule has 0 fully saturated rings. The zero-order chi connectivity index (χ0) is 16.9. The molecule has 0 radical (unpaired) electrons. The molecule has 0 saturated carbocycles. The van der Waals surface area contributed by atoms with Crippen LogP contribution in [0.5, 0.6) is 5.75 Å². The molecule has 0 atom stereocenters. The summed E-state index contributed by atoms with van der Waals surface area (Å²) in [5.41, 5.74) is 3.07. The predicted octanol–water partition coefficient (Wildman–Crippen LogP) is 5.04. The Morgan fingerprint density at radius 3 is 2.12 bits per heavy atom. The van der Waals surface area contributed by atoms with E-state index in [4.69, 9.17) is 4.74 Å². The molecule has 3 aromatic rings. The molecule has 0 aliphatic heterocycles. The Kier molecular flexibility index (Phi) is 4.96. The number of methoxy groups -OCH3 is 1. The topological polar surface area (TPSA) is 59.1 Å². The number of halogens is 1. The van der Waals surface area contributed by atoms with Crippen molar-refractivity contribution in [3.05, 3.63) is 64.9 Å². The Hall–Kier alpha value is -2.60. The summed E-state index contributed by atoms with van der Waals surface area (Å²) in [4.78, 5) is 8.51. The van der Waals surface area contributed by atoms with Gasteiger partial charge in [0, 0.05) is 21.9 Å². The molecule has 0 saturated heterocycles. The van der Waals surface area contributed by atoms with E-state index in [9.17, 15) is 0 Å². The van der Waals surface area contributed by atoms with Crippen LogP contribution in [0.25, 0.3) is 0 Å². The van der Waals surface area contributed by atoms with Crippen LogP contribution < -0.4 is 15.4 Å². The largest absolute Gasteiger partial charge is 0.497 e. The smallest absolute Gasteiger partial charge is 0.135 e. The highest BCUT2D eigenvalue weighted by molar-refractivity contribution is 9.10. The molecule has 2 N–H and O–H groups in total. The maximum absolute atomic E-state index is 5.16. The molecular formula is C18H17BrN4O. The van der Waals surface area contributed by atoms with Gasteiger partial charge in [0.05, 0.1) is 7.11 Å². The summed E-state index contributed by atoms with van der Waals surface area (Å²) in [5, 5.41) is 6.53. The Morgan fingerprint density at radius 1 is 0.875 bits per heavy atom. The number of benzene rings is 2. The fourth-order valence-electron chi connectivity index (χ4n) is 2.19. The normalized spacial score (nSPS) is 10.3. The third kappa shape index (κ3) is 4.02. The third-order valence-corrected chi connectivity index (χ3v) is 4.35. The number of ether oxygens (including phenoxy) is 1. The first kappa shape index (κ1) is 16.3. The molecule has 2 aromatic carbocycles. The van der Waals surface area contributed by atoms with Gasteiger partial charge in [0.25, 0.3) is 0 Å². The van der Waals surface area contributed by atoms with E-state index >= 15 is 0 Å². The lowest BCUT2D eigenvalue weighted by Gasteiger charge is -2.10. The van der Waals surface area contributed by atoms with Gasteiger partial charge in [0.15, 0.2) is 0 Å². The number of rotatable bonds is 5. The molecule has 6 heteroatoms. The molecule has 0 aliphatic rings. The zero-order valence-corrected chi connectivity index (χ0v) is 15.0. The quantitative estimate of drug-likeness (QED) is 0.644. The van der Waals surface area contributed by atoms with Gasteiger partial charge in [-0.25, -0.2) is 9.97 Å². The molecule has 0 bridgehead atoms. The summed E-state index contributed by atoms with van der Waals surface area (Å²) in [5.74, 6) is 2.26. The molecule has 24 heavy (non-hydrogen) atoms. The first-order chi connectivity index (χ1) is 11.6. The van der Waals surface area contributed by atoms with Crippen LogP contribution in [0, 0.1) is 6.92 Å². The standard InChI is InChI=1S/C18H17BrN4O/c1-12-9-14(5-8-16(12)19)23-18-10-17(20-11-21-18)22-13-3-6-15(24-2)7-4-13/h3-11H,1-2H3,(H2,20,21,22,23). The molecule has 0 aliphatic carbocycles. The lowest BCUT2D eigenvalue weighted by Crippen LogP contribution is -1.98. The summed E-state index contributed by atoms with van der Waals surface area (Å²) in [6.45, 7) is 2.05. The van der Waals surface area contributed by atoms with Crippen LogP contribution in [-0.2, 0) is 0 Å². The molecular weight excluding hydrogens is 368 g/mol. The van der Waals surface area contributed by atoms with Gasteiger partial charge in [-0.1, -0.05) is 15.9 Å². The second-order valence-corrected chi connectivity index (χ2v) is 6.09. The van der Waals surface area contributed by atoms with Crippen molar-refractivity contribution in [3.8, 4) is 5.75 Å². The van der Waals surface area contributed by atoms with Crippen LogP contribution >= 0.6 is 15.9 Å². The van der Waals surface area contributed by atoms with Crippen molar-refractivity contribution in [2.24, 2.45) is 0 Å². The van der Waals surface area contributed by atoms with Crippen molar-refractivity contribution in [1.82, 2.24) is 9.97 Å². The van der Waals surface area contributed by atoms with E-state index in [0.717, 1.165) is 33.0 Å². The molecule has 0 amide bonds. The predicted molar refractivity (Wildman–Crippen MR) is 100 cm³/mol. The van der Waals surface area contributed by atoms with Crippen molar-refractivity contribution in [1.29, 1.82) is 0 Å².